The molecule has 14 heteroatoms. The minimum atomic E-state index is -5.00. The van der Waals surface area contributed by atoms with Gasteiger partial charge in [0.05, 0.1) is 12.5 Å². The minimum Gasteiger partial charge on any atom is -0.485 e. The van der Waals surface area contributed by atoms with E-state index in [1.165, 1.54) is 26.0 Å². The quantitative estimate of drug-likeness (QED) is 0.150. The standard InChI is InChI=1S/C32H31ClF5N3O5/c1-19(2)26(28(43)32(37,38)30(45)39-18-31(34,35)36)41-29(44)27(21-12-7-4-8-13-21)40-25(42)17-24(20-10-5-3-6-11-20)46-23-15-9-14-22(33)16-23/h3-16,19,24,26-27H,17-18H2,1-2H3,(H,39,45)(H,40,42)(H,41,44)/t24-,26+,27+/m1/s1. The van der Waals surface area contributed by atoms with Crippen LogP contribution in [-0.4, -0.2) is 48.2 Å². The molecule has 0 saturated heterocycles. The first kappa shape index (κ1) is 36.0. The van der Waals surface area contributed by atoms with Crippen molar-refractivity contribution in [2.24, 2.45) is 5.92 Å². The Bertz CT molecular complexity index is 1510. The minimum absolute atomic E-state index is 0.227. The van der Waals surface area contributed by atoms with E-state index in [1.807, 2.05) is 0 Å². The monoisotopic (exact) mass is 667 g/mol. The lowest BCUT2D eigenvalue weighted by atomic mass is 9.94. The maximum absolute atomic E-state index is 14.7. The second-order valence-electron chi connectivity index (χ2n) is 10.6. The van der Waals surface area contributed by atoms with Crippen molar-refractivity contribution in [3.63, 3.8) is 0 Å². The molecule has 3 N–H and O–H groups in total. The number of carbonyl (C=O) groups is 4. The first-order chi connectivity index (χ1) is 21.6. The Labute approximate surface area is 266 Å². The first-order valence-corrected chi connectivity index (χ1v) is 14.3. The van der Waals surface area contributed by atoms with Gasteiger partial charge in [-0.1, -0.05) is 92.2 Å². The molecule has 0 bridgehead atoms. The number of carbonyl (C=O) groups excluding carboxylic acids is 4. The van der Waals surface area contributed by atoms with E-state index in [9.17, 15) is 41.1 Å². The molecular weight excluding hydrogens is 637 g/mol. The molecule has 0 aliphatic rings. The van der Waals surface area contributed by atoms with E-state index < -0.39 is 66.3 Å². The molecule has 0 aliphatic heterocycles. The third-order valence-electron chi connectivity index (χ3n) is 6.61. The summed E-state index contributed by atoms with van der Waals surface area (Å²) in [7, 11) is 0. The normalized spacial score (nSPS) is 13.7. The van der Waals surface area contributed by atoms with E-state index in [1.54, 1.807) is 72.8 Å². The number of amides is 3. The summed E-state index contributed by atoms with van der Waals surface area (Å²) < 4.78 is 72.9. The van der Waals surface area contributed by atoms with E-state index in [-0.39, 0.29) is 12.0 Å². The first-order valence-electron chi connectivity index (χ1n) is 14.0. The molecule has 246 valence electrons. The van der Waals surface area contributed by atoms with Crippen molar-refractivity contribution in [1.82, 2.24) is 16.0 Å². The fourth-order valence-electron chi connectivity index (χ4n) is 4.30. The fraction of sp³-hybridized carbons (Fsp3) is 0.312. The topological polar surface area (TPSA) is 114 Å². The molecule has 0 fully saturated rings. The van der Waals surface area contributed by atoms with Crippen molar-refractivity contribution >= 4 is 35.1 Å². The van der Waals surface area contributed by atoms with Crippen LogP contribution >= 0.6 is 11.6 Å². The average Bonchev–Trinajstić information content (AvgIpc) is 3.00. The van der Waals surface area contributed by atoms with Crippen molar-refractivity contribution in [3.8, 4) is 5.75 Å². The summed E-state index contributed by atoms with van der Waals surface area (Å²) >= 11 is 6.07. The number of Topliss-reactive ketones (excluding diaryl/α,β-unsaturated/α-hetero) is 1. The molecule has 0 unspecified atom stereocenters. The second kappa shape index (κ2) is 15.7. The molecule has 0 radical (unpaired) electrons. The molecule has 0 aromatic heterocycles. The Kier molecular flexibility index (Phi) is 12.2. The predicted molar refractivity (Wildman–Crippen MR) is 159 cm³/mol. The highest BCUT2D eigenvalue weighted by Crippen LogP contribution is 2.28. The largest absolute Gasteiger partial charge is 0.485 e. The number of hydrogen-bond acceptors (Lipinski definition) is 5. The fourth-order valence-corrected chi connectivity index (χ4v) is 4.48. The van der Waals surface area contributed by atoms with Crippen LogP contribution in [-0.2, 0) is 19.2 Å². The van der Waals surface area contributed by atoms with Crippen LogP contribution < -0.4 is 20.7 Å². The van der Waals surface area contributed by atoms with Gasteiger partial charge >= 0.3 is 12.1 Å². The van der Waals surface area contributed by atoms with Gasteiger partial charge in [0.15, 0.2) is 0 Å². The number of rotatable bonds is 14. The van der Waals surface area contributed by atoms with Crippen LogP contribution in [0, 0.1) is 5.92 Å². The third kappa shape index (κ3) is 10.3. The van der Waals surface area contributed by atoms with Gasteiger partial charge < -0.3 is 20.7 Å². The molecule has 46 heavy (non-hydrogen) atoms. The maximum Gasteiger partial charge on any atom is 0.405 e. The van der Waals surface area contributed by atoms with E-state index in [4.69, 9.17) is 16.3 Å². The van der Waals surface area contributed by atoms with Gasteiger partial charge in [-0.25, -0.2) is 0 Å². The van der Waals surface area contributed by atoms with Gasteiger partial charge in [0.25, 0.3) is 5.91 Å². The van der Waals surface area contributed by atoms with Gasteiger partial charge in [-0.05, 0) is 35.2 Å². The van der Waals surface area contributed by atoms with Crippen LogP contribution in [0.2, 0.25) is 5.02 Å². The molecule has 3 rings (SSSR count). The van der Waals surface area contributed by atoms with Crippen LogP contribution in [0.4, 0.5) is 22.0 Å². The molecule has 0 saturated carbocycles. The zero-order valence-corrected chi connectivity index (χ0v) is 25.4. The second-order valence-corrected chi connectivity index (χ2v) is 11.0. The summed E-state index contributed by atoms with van der Waals surface area (Å²) in [5.41, 5.74) is 0.847. The molecule has 0 spiro atoms. The van der Waals surface area contributed by atoms with E-state index in [0.717, 1.165) is 5.32 Å². The Morgan fingerprint density at radius 1 is 0.804 bits per heavy atom. The molecule has 3 aromatic carbocycles. The summed E-state index contributed by atoms with van der Waals surface area (Å²) in [6.07, 6.45) is -6.16. The molecule has 0 heterocycles. The van der Waals surface area contributed by atoms with Crippen LogP contribution in [0.3, 0.4) is 0 Å². The number of hydrogen-bond donors (Lipinski definition) is 3. The van der Waals surface area contributed by atoms with Crippen molar-refractivity contribution in [2.45, 2.75) is 50.6 Å². The number of halogens is 6. The average molecular weight is 668 g/mol. The number of benzene rings is 3. The Balaban J connectivity index is 1.84. The van der Waals surface area contributed by atoms with Gasteiger partial charge in [-0.3, -0.25) is 19.2 Å². The smallest absolute Gasteiger partial charge is 0.405 e. The van der Waals surface area contributed by atoms with Crippen LogP contribution in [0.1, 0.15) is 43.5 Å². The van der Waals surface area contributed by atoms with Gasteiger partial charge in [0, 0.05) is 5.02 Å². The van der Waals surface area contributed by atoms with Crippen molar-refractivity contribution in [3.05, 3.63) is 101 Å². The Morgan fingerprint density at radius 3 is 1.93 bits per heavy atom. The van der Waals surface area contributed by atoms with Crippen molar-refractivity contribution in [2.75, 3.05) is 6.54 Å². The highest BCUT2D eigenvalue weighted by Gasteiger charge is 2.52. The summed E-state index contributed by atoms with van der Waals surface area (Å²) in [6.45, 7) is 0.501. The lowest BCUT2D eigenvalue weighted by Crippen LogP contribution is -2.58. The molecular formula is C32H31ClF5N3O5. The van der Waals surface area contributed by atoms with Gasteiger partial charge in [0.2, 0.25) is 17.6 Å². The van der Waals surface area contributed by atoms with Crippen molar-refractivity contribution < 1.29 is 45.9 Å². The Hall–Kier alpha value is -4.52. The molecule has 0 aliphatic carbocycles. The molecule has 3 amide bonds. The summed E-state index contributed by atoms with van der Waals surface area (Å²) in [6, 6.07) is 19.4. The van der Waals surface area contributed by atoms with Crippen LogP contribution in [0.15, 0.2) is 84.9 Å². The van der Waals surface area contributed by atoms with Gasteiger partial charge in [0.1, 0.15) is 24.4 Å². The summed E-state index contributed by atoms with van der Waals surface area (Å²) in [5.74, 6) is -11.9. The third-order valence-corrected chi connectivity index (χ3v) is 6.84. The van der Waals surface area contributed by atoms with Crippen molar-refractivity contribution in [1.29, 1.82) is 0 Å². The van der Waals surface area contributed by atoms with Crippen LogP contribution in [0.25, 0.3) is 0 Å². The number of alkyl halides is 5. The SMILES string of the molecule is CC(C)[C@H](NC(=O)[C@@H](NC(=O)C[C@@H](Oc1cccc(Cl)c1)c1ccccc1)c1ccccc1)C(=O)C(F)(F)C(=O)NCC(F)(F)F. The molecule has 8 nitrogen and oxygen atoms in total. The lowest BCUT2D eigenvalue weighted by Gasteiger charge is -2.28. The zero-order valence-electron chi connectivity index (χ0n) is 24.6. The highest BCUT2D eigenvalue weighted by molar-refractivity contribution is 6.30. The number of nitrogens with one attached hydrogen (secondary N) is 3. The zero-order chi connectivity index (χ0) is 34.1. The lowest BCUT2D eigenvalue weighted by molar-refractivity contribution is -0.165. The molecule has 3 aromatic rings. The van der Waals surface area contributed by atoms with Crippen LogP contribution in [0.5, 0.6) is 5.75 Å². The maximum atomic E-state index is 14.7. The Morgan fingerprint density at radius 2 is 1.39 bits per heavy atom. The van der Waals surface area contributed by atoms with E-state index in [2.05, 4.69) is 10.6 Å². The number of ether oxygens (including phenoxy) is 1. The number of ketones is 1. The summed E-state index contributed by atoms with van der Waals surface area (Å²) in [5, 5.41) is 6.09. The van der Waals surface area contributed by atoms with E-state index >= 15 is 0 Å². The van der Waals surface area contributed by atoms with Gasteiger partial charge in [-0.2, -0.15) is 22.0 Å². The van der Waals surface area contributed by atoms with Gasteiger partial charge in [-0.15, -0.1) is 0 Å². The summed E-state index contributed by atoms with van der Waals surface area (Å²) in [4.78, 5) is 51.6. The molecule has 3 atom stereocenters. The van der Waals surface area contributed by atoms with E-state index in [0.29, 0.717) is 16.3 Å². The highest BCUT2D eigenvalue weighted by atomic mass is 35.5. The predicted octanol–water partition coefficient (Wildman–Crippen LogP) is 5.73.